The second-order valence-corrected chi connectivity index (χ2v) is 3.62. The van der Waals surface area contributed by atoms with Gasteiger partial charge in [0.2, 0.25) is 0 Å². The van der Waals surface area contributed by atoms with E-state index in [0.29, 0.717) is 13.2 Å². The van der Waals surface area contributed by atoms with Crippen molar-refractivity contribution in [3.8, 4) is 5.75 Å². The molecule has 1 heterocycles. The lowest BCUT2D eigenvalue weighted by Crippen LogP contribution is -2.04. The third-order valence-corrected chi connectivity index (χ3v) is 2.48. The Kier molecular flexibility index (Phi) is 3.37. The van der Waals surface area contributed by atoms with E-state index in [1.165, 1.54) is 5.56 Å². The summed E-state index contributed by atoms with van der Waals surface area (Å²) in [6, 6.07) is 7.90. The maximum atomic E-state index is 5.68. The normalized spacial score (nSPS) is 10.6. The minimum Gasteiger partial charge on any atom is -0.490 e. The first-order valence-corrected chi connectivity index (χ1v) is 5.29. The van der Waals surface area contributed by atoms with Gasteiger partial charge in [0.15, 0.2) is 0 Å². The fourth-order valence-electron chi connectivity index (χ4n) is 1.69. The van der Waals surface area contributed by atoms with E-state index < -0.39 is 0 Å². The molecule has 0 aliphatic carbocycles. The Morgan fingerprint density at radius 3 is 2.88 bits per heavy atom. The number of rotatable bonds is 4. The van der Waals surface area contributed by atoms with Crippen molar-refractivity contribution < 1.29 is 9.47 Å². The summed E-state index contributed by atoms with van der Waals surface area (Å²) in [4.78, 5) is 4.32. The summed E-state index contributed by atoms with van der Waals surface area (Å²) in [5.41, 5.74) is 2.15. The SMILES string of the molecule is COCCOc1cccc2nccc(C)c12. The zero-order chi connectivity index (χ0) is 11.4. The molecule has 0 radical (unpaired) electrons. The van der Waals surface area contributed by atoms with Gasteiger partial charge in [0.25, 0.3) is 0 Å². The Labute approximate surface area is 95.0 Å². The summed E-state index contributed by atoms with van der Waals surface area (Å²) >= 11 is 0. The summed E-state index contributed by atoms with van der Waals surface area (Å²) in [7, 11) is 1.67. The summed E-state index contributed by atoms with van der Waals surface area (Å²) in [6.07, 6.45) is 1.82. The first-order chi connectivity index (χ1) is 7.83. The lowest BCUT2D eigenvalue weighted by molar-refractivity contribution is 0.147. The van der Waals surface area contributed by atoms with E-state index in [1.807, 2.05) is 30.5 Å². The molecule has 0 spiro atoms. The molecule has 0 bridgehead atoms. The van der Waals surface area contributed by atoms with E-state index in [1.54, 1.807) is 7.11 Å². The van der Waals surface area contributed by atoms with Gasteiger partial charge in [0.05, 0.1) is 12.1 Å². The van der Waals surface area contributed by atoms with Crippen molar-refractivity contribution in [2.45, 2.75) is 6.92 Å². The predicted molar refractivity (Wildman–Crippen MR) is 63.9 cm³/mol. The molecule has 0 aliphatic heterocycles. The zero-order valence-corrected chi connectivity index (χ0v) is 9.56. The van der Waals surface area contributed by atoms with Gasteiger partial charge in [-0.2, -0.15) is 0 Å². The molecule has 0 N–H and O–H groups in total. The van der Waals surface area contributed by atoms with Crippen LogP contribution in [0.15, 0.2) is 30.5 Å². The van der Waals surface area contributed by atoms with Crippen LogP contribution in [0.2, 0.25) is 0 Å². The maximum Gasteiger partial charge on any atom is 0.129 e. The van der Waals surface area contributed by atoms with Gasteiger partial charge in [-0.25, -0.2) is 0 Å². The first kappa shape index (κ1) is 10.9. The number of fused-ring (bicyclic) bond motifs is 1. The molecular weight excluding hydrogens is 202 g/mol. The zero-order valence-electron chi connectivity index (χ0n) is 9.56. The van der Waals surface area contributed by atoms with Gasteiger partial charge >= 0.3 is 0 Å². The molecule has 3 heteroatoms. The molecular formula is C13H15NO2. The van der Waals surface area contributed by atoms with E-state index in [4.69, 9.17) is 9.47 Å². The average molecular weight is 217 g/mol. The number of hydrogen-bond donors (Lipinski definition) is 0. The van der Waals surface area contributed by atoms with Crippen LogP contribution >= 0.6 is 0 Å². The fourth-order valence-corrected chi connectivity index (χ4v) is 1.69. The van der Waals surface area contributed by atoms with Crippen molar-refractivity contribution in [1.82, 2.24) is 4.98 Å². The number of hydrogen-bond acceptors (Lipinski definition) is 3. The molecule has 0 fully saturated rings. The molecule has 0 saturated heterocycles. The van der Waals surface area contributed by atoms with Crippen LogP contribution < -0.4 is 4.74 Å². The number of ether oxygens (including phenoxy) is 2. The van der Waals surface area contributed by atoms with Gasteiger partial charge in [-0.15, -0.1) is 0 Å². The van der Waals surface area contributed by atoms with Crippen molar-refractivity contribution in [2.24, 2.45) is 0 Å². The van der Waals surface area contributed by atoms with E-state index in [-0.39, 0.29) is 0 Å². The van der Waals surface area contributed by atoms with E-state index >= 15 is 0 Å². The highest BCUT2D eigenvalue weighted by molar-refractivity contribution is 5.87. The Balaban J connectivity index is 2.37. The topological polar surface area (TPSA) is 31.4 Å². The molecule has 2 aromatic rings. The van der Waals surface area contributed by atoms with Crippen molar-refractivity contribution in [2.75, 3.05) is 20.3 Å². The van der Waals surface area contributed by atoms with Crippen molar-refractivity contribution >= 4 is 10.9 Å². The predicted octanol–water partition coefficient (Wildman–Crippen LogP) is 2.57. The highest BCUT2D eigenvalue weighted by atomic mass is 16.5. The minimum absolute atomic E-state index is 0.559. The Morgan fingerprint density at radius 2 is 2.06 bits per heavy atom. The standard InChI is InChI=1S/C13H15NO2/c1-10-6-7-14-11-4-3-5-12(13(10)11)16-9-8-15-2/h3-7H,8-9H2,1-2H3. The number of aromatic nitrogens is 1. The Hall–Kier alpha value is -1.61. The fraction of sp³-hybridized carbons (Fsp3) is 0.308. The molecule has 0 aliphatic rings. The van der Waals surface area contributed by atoms with Gasteiger partial charge < -0.3 is 9.47 Å². The van der Waals surface area contributed by atoms with Crippen LogP contribution in [0.25, 0.3) is 10.9 Å². The Morgan fingerprint density at radius 1 is 1.19 bits per heavy atom. The summed E-state index contributed by atoms with van der Waals surface area (Å²) < 4.78 is 10.6. The second-order valence-electron chi connectivity index (χ2n) is 3.62. The number of nitrogens with zero attached hydrogens (tertiary/aromatic N) is 1. The van der Waals surface area contributed by atoms with Crippen molar-refractivity contribution in [3.63, 3.8) is 0 Å². The summed E-state index contributed by atoms with van der Waals surface area (Å²) in [5.74, 6) is 0.875. The summed E-state index contributed by atoms with van der Waals surface area (Å²) in [5, 5.41) is 1.08. The molecule has 0 unspecified atom stereocenters. The molecule has 16 heavy (non-hydrogen) atoms. The molecule has 0 amide bonds. The van der Waals surface area contributed by atoms with Gasteiger partial charge in [0, 0.05) is 18.7 Å². The van der Waals surface area contributed by atoms with E-state index in [0.717, 1.165) is 16.7 Å². The average Bonchev–Trinajstić information content (AvgIpc) is 2.30. The molecule has 1 aromatic carbocycles. The van der Waals surface area contributed by atoms with Gasteiger partial charge in [-0.1, -0.05) is 6.07 Å². The molecule has 0 saturated carbocycles. The van der Waals surface area contributed by atoms with Crippen LogP contribution in [-0.4, -0.2) is 25.3 Å². The van der Waals surface area contributed by atoms with Crippen molar-refractivity contribution in [3.05, 3.63) is 36.0 Å². The molecule has 0 atom stereocenters. The van der Waals surface area contributed by atoms with Gasteiger partial charge in [-0.3, -0.25) is 4.98 Å². The smallest absolute Gasteiger partial charge is 0.129 e. The van der Waals surface area contributed by atoms with Crippen LogP contribution in [0.4, 0.5) is 0 Å². The van der Waals surface area contributed by atoms with Crippen LogP contribution in [-0.2, 0) is 4.74 Å². The summed E-state index contributed by atoms with van der Waals surface area (Å²) in [6.45, 7) is 3.22. The molecule has 2 rings (SSSR count). The quantitative estimate of drug-likeness (QED) is 0.737. The van der Waals surface area contributed by atoms with Crippen LogP contribution in [0, 0.1) is 6.92 Å². The lowest BCUT2D eigenvalue weighted by atomic mass is 10.1. The van der Waals surface area contributed by atoms with Gasteiger partial charge in [0.1, 0.15) is 12.4 Å². The number of methoxy groups -OCH3 is 1. The van der Waals surface area contributed by atoms with Crippen LogP contribution in [0.5, 0.6) is 5.75 Å². The van der Waals surface area contributed by atoms with Gasteiger partial charge in [-0.05, 0) is 30.7 Å². The first-order valence-electron chi connectivity index (χ1n) is 5.29. The largest absolute Gasteiger partial charge is 0.490 e. The van der Waals surface area contributed by atoms with Crippen LogP contribution in [0.1, 0.15) is 5.56 Å². The number of aryl methyl sites for hydroxylation is 1. The van der Waals surface area contributed by atoms with E-state index in [2.05, 4.69) is 11.9 Å². The maximum absolute atomic E-state index is 5.68. The minimum atomic E-state index is 0.559. The Bertz CT molecular complexity index is 477. The number of benzene rings is 1. The van der Waals surface area contributed by atoms with E-state index in [9.17, 15) is 0 Å². The molecule has 84 valence electrons. The third-order valence-electron chi connectivity index (χ3n) is 2.48. The molecule has 3 nitrogen and oxygen atoms in total. The highest BCUT2D eigenvalue weighted by Crippen LogP contribution is 2.26. The monoisotopic (exact) mass is 217 g/mol. The third kappa shape index (κ3) is 2.14. The lowest BCUT2D eigenvalue weighted by Gasteiger charge is -2.10. The number of pyridine rings is 1. The second kappa shape index (κ2) is 4.94. The highest BCUT2D eigenvalue weighted by Gasteiger charge is 2.04. The molecule has 1 aromatic heterocycles. The van der Waals surface area contributed by atoms with Crippen LogP contribution in [0.3, 0.4) is 0 Å². The van der Waals surface area contributed by atoms with Crippen molar-refractivity contribution in [1.29, 1.82) is 0 Å².